The van der Waals surface area contributed by atoms with Crippen molar-refractivity contribution in [3.05, 3.63) is 100 Å². The van der Waals surface area contributed by atoms with E-state index in [4.69, 9.17) is 10.4 Å². The summed E-state index contributed by atoms with van der Waals surface area (Å²) in [4.78, 5) is 23.9. The lowest BCUT2D eigenvalue weighted by atomic mass is 9.99. The van der Waals surface area contributed by atoms with Crippen molar-refractivity contribution in [3.63, 3.8) is 0 Å². The van der Waals surface area contributed by atoms with E-state index in [1.807, 2.05) is 6.07 Å². The molecule has 14 nitrogen and oxygen atoms in total. The number of carbonyl (C=O) groups excluding carboxylic acids is 1. The SMILES string of the molecule is Cn1nc(C(F)(F)C(F)(F)F)c(CC(F)F)c1-n1cc(-c2ccc(C(F)(F)F)c(C(=O)NC3(C#N)CC3)c2)cn1.Cn1nc(C(F)(F)C(F)(F)F)c(OC(F)F)c1-n1cc(-c2ccc(C(F)(F)F)c(C(=O)O)c2)cn1. The van der Waals surface area contributed by atoms with E-state index in [-0.39, 0.29) is 35.1 Å². The predicted octanol–water partition coefficient (Wildman–Crippen LogP) is 10.8. The Kier molecular flexibility index (Phi) is 14.6. The average molecular weight is 1100 g/mol. The van der Waals surface area contributed by atoms with E-state index in [1.54, 1.807) is 0 Å². The number of hydrogen-bond acceptors (Lipinski definition) is 8. The minimum absolute atomic E-state index is 0.0440. The van der Waals surface area contributed by atoms with Crippen molar-refractivity contribution in [3.8, 4) is 45.7 Å². The number of ether oxygens (including phenoxy) is 1. The number of nitrogens with one attached hydrogen (secondary N) is 1. The molecule has 0 saturated heterocycles. The number of benzene rings is 2. The Hall–Kier alpha value is -7.89. The second-order valence-corrected chi connectivity index (χ2v) is 15.8. The molecule has 7 rings (SSSR count). The average Bonchev–Trinajstić information content (AvgIpc) is 3.64. The maximum absolute atomic E-state index is 14.1. The monoisotopic (exact) mass is 1100 g/mol. The molecule has 75 heavy (non-hydrogen) atoms. The van der Waals surface area contributed by atoms with Gasteiger partial charge >= 0.3 is 49.1 Å². The van der Waals surface area contributed by atoms with E-state index in [1.165, 1.54) is 0 Å². The summed E-state index contributed by atoms with van der Waals surface area (Å²) in [5, 5.41) is 34.0. The lowest BCUT2D eigenvalue weighted by Crippen LogP contribution is -2.36. The molecule has 1 amide bonds. The van der Waals surface area contributed by atoms with Crippen LogP contribution < -0.4 is 10.1 Å². The van der Waals surface area contributed by atoms with Gasteiger partial charge in [-0.3, -0.25) is 9.48 Å². The minimum Gasteiger partial charge on any atom is -0.478 e. The number of carbonyl (C=O) groups is 2. The fourth-order valence-corrected chi connectivity index (χ4v) is 7.02. The predicted molar refractivity (Wildman–Crippen MR) is 210 cm³/mol. The molecule has 1 saturated carbocycles. The normalized spacial score (nSPS) is 14.2. The Morgan fingerprint density at radius 1 is 0.693 bits per heavy atom. The molecule has 1 fully saturated rings. The van der Waals surface area contributed by atoms with Crippen LogP contribution in [0.25, 0.3) is 33.9 Å². The summed E-state index contributed by atoms with van der Waals surface area (Å²) in [6.07, 6.45) is -23.1. The van der Waals surface area contributed by atoms with E-state index in [0.717, 1.165) is 57.1 Å². The van der Waals surface area contributed by atoms with Gasteiger partial charge in [0.2, 0.25) is 6.43 Å². The lowest BCUT2D eigenvalue weighted by Gasteiger charge is -2.19. The third-order valence-corrected chi connectivity index (χ3v) is 10.7. The first-order valence-electron chi connectivity index (χ1n) is 20.1. The Balaban J connectivity index is 0.000000246. The Morgan fingerprint density at radius 2 is 1.13 bits per heavy atom. The summed E-state index contributed by atoms with van der Waals surface area (Å²) in [6.45, 7) is -3.84. The smallest absolute Gasteiger partial charge is 0.459 e. The van der Waals surface area contributed by atoms with E-state index in [9.17, 15) is 97.4 Å². The van der Waals surface area contributed by atoms with Gasteiger partial charge in [-0.1, -0.05) is 12.1 Å². The first-order valence-corrected chi connectivity index (χ1v) is 20.1. The van der Waals surface area contributed by atoms with Crippen LogP contribution in [-0.2, 0) is 44.7 Å². The second kappa shape index (κ2) is 19.4. The molecule has 0 unspecified atom stereocenters. The van der Waals surface area contributed by atoms with Gasteiger partial charge in [-0.05, 0) is 48.2 Å². The van der Waals surface area contributed by atoms with Crippen LogP contribution >= 0.6 is 0 Å². The molecule has 2 N–H and O–H groups in total. The van der Waals surface area contributed by atoms with Crippen molar-refractivity contribution >= 4 is 11.9 Å². The summed E-state index contributed by atoms with van der Waals surface area (Å²) in [5.41, 5.74) is -11.8. The molecule has 34 heteroatoms. The van der Waals surface area contributed by atoms with Gasteiger partial charge in [-0.2, -0.15) is 105 Å². The number of aryl methyl sites for hydroxylation is 2. The van der Waals surface area contributed by atoms with Gasteiger partial charge in [0.15, 0.2) is 23.1 Å². The first kappa shape index (κ1) is 56.4. The third kappa shape index (κ3) is 11.3. The van der Waals surface area contributed by atoms with Crippen LogP contribution in [-0.4, -0.2) is 87.0 Å². The number of carboxylic acid groups (broad SMARTS) is 1. The minimum atomic E-state index is -6.22. The largest absolute Gasteiger partial charge is 0.478 e. The number of aromatic nitrogens is 8. The molecule has 0 radical (unpaired) electrons. The van der Waals surface area contributed by atoms with Gasteiger partial charge < -0.3 is 15.2 Å². The highest BCUT2D eigenvalue weighted by Crippen LogP contribution is 2.49. The molecule has 2 aromatic carbocycles. The van der Waals surface area contributed by atoms with Gasteiger partial charge in [0.1, 0.15) is 11.2 Å². The van der Waals surface area contributed by atoms with Gasteiger partial charge in [0.05, 0.1) is 40.7 Å². The number of alkyl halides is 20. The summed E-state index contributed by atoms with van der Waals surface area (Å²) >= 11 is 0. The maximum atomic E-state index is 14.1. The molecular weight excluding hydrogens is 1080 g/mol. The highest BCUT2D eigenvalue weighted by Gasteiger charge is 2.63. The van der Waals surface area contributed by atoms with Crippen molar-refractivity contribution in [1.29, 1.82) is 5.26 Å². The quantitative estimate of drug-likeness (QED) is 0.107. The fraction of sp³-hybridized carbons (Fsp3) is 0.341. The molecule has 404 valence electrons. The molecular formula is C41H26F20N10O4. The molecule has 0 spiro atoms. The maximum Gasteiger partial charge on any atom is 0.459 e. The molecule has 6 aromatic rings. The molecule has 1 aliphatic carbocycles. The molecule has 0 bridgehead atoms. The van der Waals surface area contributed by atoms with Crippen molar-refractivity contribution in [1.82, 2.24) is 44.4 Å². The summed E-state index contributed by atoms with van der Waals surface area (Å²) in [6, 6.07) is 6.10. The zero-order valence-corrected chi connectivity index (χ0v) is 36.8. The van der Waals surface area contributed by atoms with Crippen LogP contribution in [0.3, 0.4) is 0 Å². The van der Waals surface area contributed by atoms with E-state index in [0.29, 0.717) is 36.9 Å². The Labute approximate surface area is 403 Å². The summed E-state index contributed by atoms with van der Waals surface area (Å²) in [7, 11) is 1.75. The number of nitrogens with zero attached hydrogens (tertiary/aromatic N) is 9. The van der Waals surface area contributed by atoms with E-state index >= 15 is 0 Å². The van der Waals surface area contributed by atoms with Crippen LogP contribution in [0.15, 0.2) is 61.2 Å². The van der Waals surface area contributed by atoms with E-state index < -0.39 is 130 Å². The van der Waals surface area contributed by atoms with Crippen molar-refractivity contribution in [2.45, 2.75) is 74.4 Å². The van der Waals surface area contributed by atoms with E-state index in [2.05, 4.69) is 30.4 Å². The molecule has 0 atom stereocenters. The van der Waals surface area contributed by atoms with Gasteiger partial charge in [-0.25, -0.2) is 27.6 Å². The van der Waals surface area contributed by atoms with Crippen LogP contribution in [0.4, 0.5) is 87.8 Å². The third-order valence-electron chi connectivity index (χ3n) is 10.7. The zero-order chi connectivity index (χ0) is 56.3. The Morgan fingerprint density at radius 3 is 1.56 bits per heavy atom. The number of halogens is 20. The molecule has 4 aromatic heterocycles. The number of rotatable bonds is 13. The Bertz CT molecular complexity index is 3170. The highest BCUT2D eigenvalue weighted by molar-refractivity contribution is 5.98. The molecule has 0 aliphatic heterocycles. The van der Waals surface area contributed by atoms with Crippen molar-refractivity contribution in [2.24, 2.45) is 14.1 Å². The number of hydrogen-bond donors (Lipinski definition) is 2. The first-order chi connectivity index (χ1) is 34.3. The highest BCUT2D eigenvalue weighted by atomic mass is 19.4. The fourth-order valence-electron chi connectivity index (χ4n) is 7.02. The summed E-state index contributed by atoms with van der Waals surface area (Å²) < 4.78 is 272. The van der Waals surface area contributed by atoms with Crippen molar-refractivity contribution < 1.29 is 107 Å². The lowest BCUT2D eigenvalue weighted by molar-refractivity contribution is -0.291. The number of nitriles is 1. The van der Waals surface area contributed by atoms with Gasteiger partial charge in [-0.15, -0.1) is 0 Å². The molecule has 4 heterocycles. The number of carboxylic acids is 1. The number of aromatic carboxylic acids is 1. The van der Waals surface area contributed by atoms with Gasteiger partial charge in [0.25, 0.3) is 5.91 Å². The van der Waals surface area contributed by atoms with Crippen LogP contribution in [0, 0.1) is 11.3 Å². The van der Waals surface area contributed by atoms with Crippen molar-refractivity contribution in [2.75, 3.05) is 0 Å². The zero-order valence-electron chi connectivity index (χ0n) is 36.8. The topological polar surface area (TPSA) is 171 Å². The van der Waals surface area contributed by atoms with Crippen LogP contribution in [0.5, 0.6) is 5.75 Å². The van der Waals surface area contributed by atoms with Crippen LogP contribution in [0.1, 0.15) is 61.6 Å². The van der Waals surface area contributed by atoms with Gasteiger partial charge in [0, 0.05) is 49.6 Å². The summed E-state index contributed by atoms with van der Waals surface area (Å²) in [5.74, 6) is -17.6. The van der Waals surface area contributed by atoms with Crippen LogP contribution in [0.2, 0.25) is 0 Å². The standard InChI is InChI=1S/C23H16F10N6O.C18H10F10N4O3/c1-38-19(14(7-16(24)25)17(37-38)21(26,27)23(31,32)33)39-9-12(8-35-39)11-2-3-15(22(28,29)30)13(6-11)18(40)36-20(10-34)4-5-20;1-31-13(11(35-15(19)20)12(30-31)16(21,22)18(26,27)28)32-6-8(5-29-32)7-2-3-10(17(23,24)25)9(4-7)14(33)34/h2-3,6,8-9,16H,4-5,7H2,1H3,(H,36,40);2-6,15H,1H3,(H,33,34). The second-order valence-electron chi connectivity index (χ2n) is 15.8. The number of amides is 1. The molecule has 1 aliphatic rings.